The minimum absolute atomic E-state index is 0.0631. The van der Waals surface area contributed by atoms with E-state index in [-0.39, 0.29) is 24.4 Å². The van der Waals surface area contributed by atoms with E-state index in [1.165, 1.54) is 4.57 Å². The number of nitrogens with zero attached hydrogens (tertiary/aromatic N) is 2. The van der Waals surface area contributed by atoms with Crippen LogP contribution in [0.15, 0.2) is 77.8 Å². The van der Waals surface area contributed by atoms with E-state index in [1.807, 2.05) is 0 Å². The zero-order valence-corrected chi connectivity index (χ0v) is 21.4. The predicted octanol–water partition coefficient (Wildman–Crippen LogP) is 5.77. The lowest BCUT2D eigenvalue weighted by Gasteiger charge is -2.14. The lowest BCUT2D eigenvalue weighted by molar-refractivity contribution is -0.116. The van der Waals surface area contributed by atoms with E-state index in [2.05, 4.69) is 78.0 Å². The molecule has 0 bridgehead atoms. The molecular formula is C29H41N3O4. The summed E-state index contributed by atoms with van der Waals surface area (Å²) in [5.41, 5.74) is -0.477. The Hall–Kier alpha value is -3.03. The number of aliphatic hydroxyl groups excluding tert-OH is 1. The van der Waals surface area contributed by atoms with Gasteiger partial charge in [0.1, 0.15) is 12.0 Å². The van der Waals surface area contributed by atoms with E-state index in [0.717, 1.165) is 44.9 Å². The van der Waals surface area contributed by atoms with Gasteiger partial charge >= 0.3 is 5.69 Å². The molecule has 1 amide bonds. The summed E-state index contributed by atoms with van der Waals surface area (Å²) in [6.45, 7) is 2.08. The van der Waals surface area contributed by atoms with Crippen LogP contribution in [0.2, 0.25) is 0 Å². The van der Waals surface area contributed by atoms with Gasteiger partial charge in [0.15, 0.2) is 0 Å². The Morgan fingerprint density at radius 3 is 2.19 bits per heavy atom. The fourth-order valence-electron chi connectivity index (χ4n) is 3.68. The smallest absolute Gasteiger partial charge is 0.351 e. The van der Waals surface area contributed by atoms with Crippen LogP contribution in [0.1, 0.15) is 77.4 Å². The van der Waals surface area contributed by atoms with E-state index in [4.69, 9.17) is 4.74 Å². The monoisotopic (exact) mass is 495 g/mol. The van der Waals surface area contributed by atoms with Gasteiger partial charge in [0.05, 0.1) is 12.7 Å². The molecule has 7 heteroatoms. The first kappa shape index (κ1) is 29.2. The molecule has 0 spiro atoms. The average molecular weight is 496 g/mol. The normalized spacial score (nSPS) is 18.6. The topological polar surface area (TPSA) is 93.5 Å². The fourth-order valence-corrected chi connectivity index (χ4v) is 3.68. The predicted molar refractivity (Wildman–Crippen MR) is 146 cm³/mol. The molecule has 2 rings (SSSR count). The summed E-state index contributed by atoms with van der Waals surface area (Å²) in [5.74, 6) is 0.0808. The molecule has 7 nitrogen and oxygen atoms in total. The fraction of sp³-hybridized carbons (Fsp3) is 0.483. The minimum atomic E-state index is -0.477. The Kier molecular flexibility index (Phi) is 14.8. The molecule has 0 aliphatic carbocycles. The van der Waals surface area contributed by atoms with Gasteiger partial charge in [-0.05, 0) is 63.9 Å². The molecular weight excluding hydrogens is 454 g/mol. The van der Waals surface area contributed by atoms with Crippen LogP contribution in [-0.4, -0.2) is 33.3 Å². The van der Waals surface area contributed by atoms with E-state index in [1.54, 1.807) is 12.3 Å². The van der Waals surface area contributed by atoms with Crippen molar-refractivity contribution in [2.75, 3.05) is 11.9 Å². The number of amides is 1. The Morgan fingerprint density at radius 2 is 1.64 bits per heavy atom. The maximum atomic E-state index is 12.3. The van der Waals surface area contributed by atoms with Crippen LogP contribution in [0.25, 0.3) is 0 Å². The maximum absolute atomic E-state index is 12.3. The summed E-state index contributed by atoms with van der Waals surface area (Å²) in [4.78, 5) is 28.3. The van der Waals surface area contributed by atoms with Gasteiger partial charge in [-0.15, -0.1) is 0 Å². The quantitative estimate of drug-likeness (QED) is 0.224. The Labute approximate surface area is 215 Å². The summed E-state index contributed by atoms with van der Waals surface area (Å²) in [7, 11) is 0. The van der Waals surface area contributed by atoms with Crippen LogP contribution in [0, 0.1) is 0 Å². The number of unbranched alkanes of at least 4 members (excludes halogenated alkanes) is 1. The first-order chi connectivity index (χ1) is 17.6. The van der Waals surface area contributed by atoms with Crippen molar-refractivity contribution in [3.8, 4) is 0 Å². The summed E-state index contributed by atoms with van der Waals surface area (Å²) >= 11 is 0. The molecule has 196 valence electrons. The number of anilines is 1. The third-order valence-corrected chi connectivity index (χ3v) is 5.63. The molecule has 2 atom stereocenters. The largest absolute Gasteiger partial charge is 0.394 e. The number of nitrogens with one attached hydrogen (secondary N) is 1. The Morgan fingerprint density at radius 1 is 1.03 bits per heavy atom. The van der Waals surface area contributed by atoms with Crippen LogP contribution in [0.5, 0.6) is 0 Å². The number of hydrogen-bond acceptors (Lipinski definition) is 5. The number of rotatable bonds is 16. The first-order valence-electron chi connectivity index (χ1n) is 13.0. The van der Waals surface area contributed by atoms with Crippen LogP contribution in [-0.2, 0) is 9.53 Å². The molecule has 1 saturated heterocycles. The number of hydrogen-bond donors (Lipinski definition) is 2. The molecule has 1 aromatic heterocycles. The standard InChI is InChI=1S/C29H41N3O4/c1-2-3-4-5-6-7-8-9-10-11-12-13-14-15-16-17-18-19-27(34)30-26-22-23-32(29(35)31-26)28-21-20-25(24-33)36-28/h3-4,6-7,9-10,12-13,15-16,22-23,25,28,33H,2,5,8,11,14,17-21,24H2,1H3,(H,30,31,34,35)/t25-,28-/m0/s1. The molecule has 1 fully saturated rings. The van der Waals surface area contributed by atoms with Crippen molar-refractivity contribution >= 4 is 11.7 Å². The Balaban J connectivity index is 1.54. The van der Waals surface area contributed by atoms with Gasteiger partial charge in [0.25, 0.3) is 0 Å². The lowest BCUT2D eigenvalue weighted by Crippen LogP contribution is -2.28. The second-order valence-corrected chi connectivity index (χ2v) is 8.62. The van der Waals surface area contributed by atoms with Crippen molar-refractivity contribution in [3.05, 3.63) is 83.5 Å². The van der Waals surface area contributed by atoms with Crippen LogP contribution >= 0.6 is 0 Å². The Bertz CT molecular complexity index is 975. The molecule has 1 aliphatic rings. The van der Waals surface area contributed by atoms with Gasteiger partial charge in [-0.25, -0.2) is 4.79 Å². The average Bonchev–Trinajstić information content (AvgIpc) is 3.35. The summed E-state index contributed by atoms with van der Waals surface area (Å²) < 4.78 is 7.01. The SMILES string of the molecule is CCC=CCC=CCC=CCC=CCC=CCCCC(=O)Nc1ccn([C@@H]2CC[C@@H](CO)O2)c(=O)n1. The molecule has 0 unspecified atom stereocenters. The maximum Gasteiger partial charge on any atom is 0.351 e. The highest BCUT2D eigenvalue weighted by molar-refractivity contribution is 5.89. The van der Waals surface area contributed by atoms with E-state index < -0.39 is 11.9 Å². The molecule has 0 radical (unpaired) electrons. The molecule has 1 aliphatic heterocycles. The number of carbonyl (C=O) groups is 1. The van der Waals surface area contributed by atoms with E-state index >= 15 is 0 Å². The number of carbonyl (C=O) groups excluding carboxylic acids is 1. The zero-order valence-electron chi connectivity index (χ0n) is 21.4. The minimum Gasteiger partial charge on any atom is -0.394 e. The van der Waals surface area contributed by atoms with E-state index in [9.17, 15) is 14.7 Å². The zero-order chi connectivity index (χ0) is 25.8. The van der Waals surface area contributed by atoms with Crippen LogP contribution in [0.3, 0.4) is 0 Å². The second-order valence-electron chi connectivity index (χ2n) is 8.62. The van der Waals surface area contributed by atoms with Gasteiger partial charge in [-0.2, -0.15) is 4.98 Å². The highest BCUT2D eigenvalue weighted by Gasteiger charge is 2.26. The van der Waals surface area contributed by atoms with Gasteiger partial charge in [-0.1, -0.05) is 67.7 Å². The molecule has 2 N–H and O–H groups in total. The van der Waals surface area contributed by atoms with Crippen molar-refractivity contribution < 1.29 is 14.6 Å². The van der Waals surface area contributed by atoms with Crippen molar-refractivity contribution in [2.24, 2.45) is 0 Å². The number of aliphatic hydroxyl groups is 1. The van der Waals surface area contributed by atoms with Crippen molar-refractivity contribution in [1.29, 1.82) is 0 Å². The second kappa shape index (κ2) is 18.3. The summed E-state index contributed by atoms with van der Waals surface area (Å²) in [6, 6.07) is 1.60. The first-order valence-corrected chi connectivity index (χ1v) is 13.0. The lowest BCUT2D eigenvalue weighted by atomic mass is 10.2. The van der Waals surface area contributed by atoms with Crippen molar-refractivity contribution in [3.63, 3.8) is 0 Å². The number of allylic oxidation sites excluding steroid dienone is 10. The number of aromatic nitrogens is 2. The molecule has 1 aromatic rings. The molecule has 0 saturated carbocycles. The highest BCUT2D eigenvalue weighted by atomic mass is 16.5. The van der Waals surface area contributed by atoms with Crippen LogP contribution < -0.4 is 11.0 Å². The van der Waals surface area contributed by atoms with Crippen molar-refractivity contribution in [2.45, 2.75) is 83.5 Å². The molecule has 2 heterocycles. The van der Waals surface area contributed by atoms with E-state index in [0.29, 0.717) is 19.3 Å². The number of ether oxygens (including phenoxy) is 1. The third kappa shape index (κ3) is 12.1. The summed E-state index contributed by atoms with van der Waals surface area (Å²) in [5, 5.41) is 11.9. The van der Waals surface area contributed by atoms with Crippen molar-refractivity contribution in [1.82, 2.24) is 9.55 Å². The highest BCUT2D eigenvalue weighted by Crippen LogP contribution is 2.26. The van der Waals surface area contributed by atoms with Gasteiger partial charge in [-0.3, -0.25) is 9.36 Å². The van der Waals surface area contributed by atoms with Crippen LogP contribution in [0.4, 0.5) is 5.82 Å². The molecule has 0 aromatic carbocycles. The van der Waals surface area contributed by atoms with Gasteiger partial charge < -0.3 is 15.2 Å². The third-order valence-electron chi connectivity index (χ3n) is 5.63. The summed E-state index contributed by atoms with van der Waals surface area (Å²) in [6.07, 6.45) is 30.7. The van der Waals surface area contributed by atoms with Gasteiger partial charge in [0, 0.05) is 12.6 Å². The van der Waals surface area contributed by atoms with Gasteiger partial charge in [0.2, 0.25) is 5.91 Å². The molecule has 36 heavy (non-hydrogen) atoms.